The number of phenolic OH excluding ortho intramolecular Hbond substituents is 1. The Labute approximate surface area is 241 Å². The van der Waals surface area contributed by atoms with Crippen molar-refractivity contribution in [3.63, 3.8) is 0 Å². The van der Waals surface area contributed by atoms with E-state index in [0.717, 1.165) is 45.6 Å². The van der Waals surface area contributed by atoms with Crippen molar-refractivity contribution in [1.29, 1.82) is 0 Å². The number of unbranched alkanes of at least 4 members (excludes halogenated alkanes) is 5. The zero-order chi connectivity index (χ0) is 29.4. The topological polar surface area (TPSA) is 38.7 Å². The average molecular weight is 553 g/mol. The van der Waals surface area contributed by atoms with Crippen LogP contribution in [0.25, 0.3) is 11.1 Å². The molecule has 1 atom stereocenters. The van der Waals surface area contributed by atoms with E-state index in [4.69, 9.17) is 9.05 Å². The Morgan fingerprint density at radius 3 is 1.82 bits per heavy atom. The molecule has 2 aromatic carbocycles. The molecule has 0 bridgehead atoms. The van der Waals surface area contributed by atoms with Gasteiger partial charge in [0.2, 0.25) is 9.03 Å². The van der Waals surface area contributed by atoms with E-state index >= 15 is 0 Å². The summed E-state index contributed by atoms with van der Waals surface area (Å²) >= 11 is 0. The van der Waals surface area contributed by atoms with Crippen molar-refractivity contribution < 1.29 is 14.2 Å². The van der Waals surface area contributed by atoms with Gasteiger partial charge in [0.1, 0.15) is 11.5 Å². The van der Waals surface area contributed by atoms with Crippen LogP contribution in [0, 0.1) is 0 Å². The van der Waals surface area contributed by atoms with Gasteiger partial charge in [-0.1, -0.05) is 106 Å². The van der Waals surface area contributed by atoms with Crippen LogP contribution in [0.15, 0.2) is 37.4 Å². The molecule has 2 rings (SSSR count). The molecule has 0 aromatic heterocycles. The lowest BCUT2D eigenvalue weighted by atomic mass is 9.81. The van der Waals surface area contributed by atoms with E-state index in [9.17, 15) is 5.11 Å². The normalized spacial score (nSPS) is 12.3. The maximum absolute atomic E-state index is 11.3. The second-order valence-corrected chi connectivity index (χ2v) is 13.7. The van der Waals surface area contributed by atoms with Crippen LogP contribution >= 0.6 is 9.03 Å². The monoisotopic (exact) mass is 552 g/mol. The molecular weight excluding hydrogens is 499 g/mol. The number of rotatable bonds is 14. The van der Waals surface area contributed by atoms with Gasteiger partial charge in [0.15, 0.2) is 0 Å². The third-order valence-electron chi connectivity index (χ3n) is 7.19. The Hall–Kier alpha value is -2.09. The van der Waals surface area contributed by atoms with Gasteiger partial charge in [0, 0.05) is 17.5 Å². The fraction of sp³-hybridized carbons (Fsp3) is 0.543. The van der Waals surface area contributed by atoms with Crippen LogP contribution in [0.3, 0.4) is 0 Å². The Morgan fingerprint density at radius 2 is 1.28 bits per heavy atom. The lowest BCUT2D eigenvalue weighted by Crippen LogP contribution is -2.14. The van der Waals surface area contributed by atoms with Gasteiger partial charge in [-0.15, -0.1) is 0 Å². The molecule has 0 heterocycles. The van der Waals surface area contributed by atoms with Gasteiger partial charge in [-0.3, -0.25) is 0 Å². The lowest BCUT2D eigenvalue weighted by Gasteiger charge is -2.26. The molecule has 1 unspecified atom stereocenters. The minimum atomic E-state index is -0.0867. The Balaban J connectivity index is 2.45. The van der Waals surface area contributed by atoms with Crippen LogP contribution in [0.5, 0.6) is 11.5 Å². The van der Waals surface area contributed by atoms with Gasteiger partial charge in [0.25, 0.3) is 0 Å². The first kappa shape index (κ1) is 33.1. The molecule has 2 aromatic rings. The molecule has 0 saturated heterocycles. The predicted octanol–water partition coefficient (Wildman–Crippen LogP) is 10.9. The van der Waals surface area contributed by atoms with Gasteiger partial charge in [0.05, 0.1) is 6.61 Å². The molecule has 1 N–H and O–H groups in total. The summed E-state index contributed by atoms with van der Waals surface area (Å²) < 4.78 is 12.3. The smallest absolute Gasteiger partial charge is 0.215 e. The number of benzene rings is 2. The Morgan fingerprint density at radius 1 is 0.769 bits per heavy atom. The molecule has 0 saturated carbocycles. The third kappa shape index (κ3) is 9.80. The summed E-state index contributed by atoms with van der Waals surface area (Å²) in [6.07, 6.45) is 7.93. The van der Waals surface area contributed by atoms with Crippen molar-refractivity contribution in [1.82, 2.24) is 0 Å². The Bertz CT molecular complexity index is 1130. The van der Waals surface area contributed by atoms with Crippen molar-refractivity contribution in [2.24, 2.45) is 0 Å². The van der Waals surface area contributed by atoms with Gasteiger partial charge in [-0.2, -0.15) is 0 Å². The SMILES string of the molecule is C=C(C)c1cc(C(C)(C)C)cc(Cc2cc(C(C)(C)C)cc(C(=C)C)c2OPOCCCCCCCC)c1O. The summed E-state index contributed by atoms with van der Waals surface area (Å²) in [7, 11) is -0.0867. The molecule has 216 valence electrons. The minimum Gasteiger partial charge on any atom is -0.507 e. The highest BCUT2D eigenvalue weighted by atomic mass is 31.1. The summed E-state index contributed by atoms with van der Waals surface area (Å²) in [6, 6.07) is 8.63. The quantitative estimate of drug-likeness (QED) is 0.187. The van der Waals surface area contributed by atoms with E-state index in [0.29, 0.717) is 18.8 Å². The second-order valence-electron chi connectivity index (χ2n) is 13.1. The van der Waals surface area contributed by atoms with Gasteiger partial charge >= 0.3 is 0 Å². The molecule has 0 spiro atoms. The molecule has 3 nitrogen and oxygen atoms in total. The fourth-order valence-corrected chi connectivity index (χ4v) is 5.16. The zero-order valence-electron chi connectivity index (χ0n) is 26.1. The summed E-state index contributed by atoms with van der Waals surface area (Å²) in [5.41, 5.74) is 7.79. The van der Waals surface area contributed by atoms with Crippen LogP contribution in [0.4, 0.5) is 0 Å². The Kier molecular flexibility index (Phi) is 12.3. The molecule has 0 aliphatic carbocycles. The summed E-state index contributed by atoms with van der Waals surface area (Å²) in [5, 5.41) is 11.3. The first-order valence-corrected chi connectivity index (χ1v) is 15.4. The molecule has 0 aliphatic heterocycles. The van der Waals surface area contributed by atoms with E-state index in [1.54, 1.807) is 0 Å². The number of hydrogen-bond acceptors (Lipinski definition) is 3. The number of allylic oxidation sites excluding steroid dienone is 2. The number of hydrogen-bond donors (Lipinski definition) is 1. The molecule has 0 aliphatic rings. The molecule has 39 heavy (non-hydrogen) atoms. The maximum atomic E-state index is 11.3. The summed E-state index contributed by atoms with van der Waals surface area (Å²) in [4.78, 5) is 0. The highest BCUT2D eigenvalue weighted by molar-refractivity contribution is 7.26. The van der Waals surface area contributed by atoms with Crippen molar-refractivity contribution in [2.45, 2.75) is 118 Å². The number of phenols is 1. The first-order valence-electron chi connectivity index (χ1n) is 14.6. The standard InChI is InChI=1S/C35H53O3P/c1-12-13-14-15-16-17-18-37-39-38-33-27(21-29(35(9,10)11)23-31(33)25(4)5)19-26-20-28(34(6,7)8)22-30(24(2)3)32(26)36/h20-23,36,39H,2,4,12-19H2,1,3,5-11H3. The highest BCUT2D eigenvalue weighted by Crippen LogP contribution is 2.41. The largest absolute Gasteiger partial charge is 0.507 e. The molecule has 0 amide bonds. The highest BCUT2D eigenvalue weighted by Gasteiger charge is 2.24. The van der Waals surface area contributed by atoms with Crippen LogP contribution in [0.2, 0.25) is 0 Å². The summed E-state index contributed by atoms with van der Waals surface area (Å²) in [5.74, 6) is 1.09. The van der Waals surface area contributed by atoms with Crippen LogP contribution < -0.4 is 4.52 Å². The molecule has 0 fully saturated rings. The number of aromatic hydroxyl groups is 1. The second kappa shape index (κ2) is 14.5. The van der Waals surface area contributed by atoms with Crippen molar-refractivity contribution in [2.75, 3.05) is 6.61 Å². The van der Waals surface area contributed by atoms with Crippen molar-refractivity contribution in [3.05, 3.63) is 70.8 Å². The van der Waals surface area contributed by atoms with Gasteiger partial charge in [-0.25, -0.2) is 0 Å². The summed E-state index contributed by atoms with van der Waals surface area (Å²) in [6.45, 7) is 28.6. The average Bonchev–Trinajstić information content (AvgIpc) is 2.82. The van der Waals surface area contributed by atoms with E-state index in [1.165, 1.54) is 43.2 Å². The maximum Gasteiger partial charge on any atom is 0.215 e. The lowest BCUT2D eigenvalue weighted by molar-refractivity contribution is 0.316. The van der Waals surface area contributed by atoms with Gasteiger partial charge in [-0.05, 0) is 76.6 Å². The van der Waals surface area contributed by atoms with Crippen molar-refractivity contribution >= 4 is 20.2 Å². The van der Waals surface area contributed by atoms with Crippen LogP contribution in [0.1, 0.15) is 134 Å². The van der Waals surface area contributed by atoms with E-state index in [2.05, 4.69) is 85.9 Å². The fourth-order valence-electron chi connectivity index (χ4n) is 4.55. The first-order chi connectivity index (χ1) is 18.2. The van der Waals surface area contributed by atoms with Crippen molar-refractivity contribution in [3.8, 4) is 11.5 Å². The van der Waals surface area contributed by atoms with Gasteiger partial charge < -0.3 is 14.2 Å². The molecular formula is C35H53O3P. The third-order valence-corrected chi connectivity index (χ3v) is 7.80. The van der Waals surface area contributed by atoms with E-state index in [1.807, 2.05) is 13.8 Å². The molecule has 4 heteroatoms. The van der Waals surface area contributed by atoms with Crippen LogP contribution in [-0.4, -0.2) is 11.7 Å². The van der Waals surface area contributed by atoms with Crippen LogP contribution in [-0.2, 0) is 21.8 Å². The predicted molar refractivity (Wildman–Crippen MR) is 172 cm³/mol. The van der Waals surface area contributed by atoms with E-state index < -0.39 is 0 Å². The molecule has 0 radical (unpaired) electrons. The van der Waals surface area contributed by atoms with E-state index in [-0.39, 0.29) is 19.9 Å². The minimum absolute atomic E-state index is 0.0494. The zero-order valence-corrected chi connectivity index (χ0v) is 27.1.